The Morgan fingerprint density at radius 3 is 2.14 bits per heavy atom. The molecule has 2 aromatic rings. The van der Waals surface area contributed by atoms with Gasteiger partial charge in [-0.15, -0.1) is 0 Å². The Morgan fingerprint density at radius 1 is 0.804 bits per heavy atom. The number of esters is 1. The van der Waals surface area contributed by atoms with Crippen molar-refractivity contribution < 1.29 is 83.2 Å². The molecule has 3 aliphatic rings. The summed E-state index contributed by atoms with van der Waals surface area (Å²) in [6.07, 6.45) is -14.2. The number of rotatable bonds is 13. The molecule has 0 saturated carbocycles. The fourth-order valence-electron chi connectivity index (χ4n) is 6.62. The van der Waals surface area contributed by atoms with E-state index in [1.807, 2.05) is 0 Å². The van der Waals surface area contributed by atoms with Crippen LogP contribution in [0.2, 0.25) is 0 Å². The molecule has 0 aromatic heterocycles. The third kappa shape index (κ3) is 8.18. The van der Waals surface area contributed by atoms with E-state index in [0.717, 1.165) is 0 Å². The first-order valence-electron chi connectivity index (χ1n) is 16.3. The van der Waals surface area contributed by atoms with E-state index >= 15 is 0 Å². The maximum atomic E-state index is 12.4. The van der Waals surface area contributed by atoms with Gasteiger partial charge < -0.3 is 78.4 Å². The van der Waals surface area contributed by atoms with Crippen molar-refractivity contribution in [1.82, 2.24) is 0 Å². The molecule has 0 aliphatic carbocycles. The fourth-order valence-corrected chi connectivity index (χ4v) is 6.62. The highest BCUT2D eigenvalue weighted by atomic mass is 16.7. The van der Waals surface area contributed by atoms with Crippen LogP contribution in [0.5, 0.6) is 23.0 Å². The summed E-state index contributed by atoms with van der Waals surface area (Å²) in [5, 5.41) is 72.2. The Hall–Kier alpha value is -3.33. The van der Waals surface area contributed by atoms with Gasteiger partial charge in [0.2, 0.25) is 6.29 Å². The predicted molar refractivity (Wildman–Crippen MR) is 171 cm³/mol. The van der Waals surface area contributed by atoms with Crippen molar-refractivity contribution in [2.24, 2.45) is 5.92 Å². The zero-order valence-corrected chi connectivity index (χ0v) is 28.6. The zero-order valence-electron chi connectivity index (χ0n) is 28.6. The first-order chi connectivity index (χ1) is 24.4. The minimum atomic E-state index is -1.73. The number of aliphatic hydroxyl groups excluding tert-OH is 7. The second-order valence-electron chi connectivity index (χ2n) is 12.7. The molecule has 5 rings (SSSR count). The van der Waals surface area contributed by atoms with E-state index in [1.54, 1.807) is 30.3 Å². The van der Waals surface area contributed by atoms with E-state index < -0.39 is 85.5 Å². The van der Waals surface area contributed by atoms with Crippen molar-refractivity contribution in [3.63, 3.8) is 0 Å². The van der Waals surface area contributed by atoms with Crippen molar-refractivity contribution in [1.29, 1.82) is 0 Å². The molecule has 0 bridgehead atoms. The van der Waals surface area contributed by atoms with Gasteiger partial charge in [0.1, 0.15) is 48.3 Å². The van der Waals surface area contributed by atoms with Crippen LogP contribution in [0.1, 0.15) is 24.2 Å². The zero-order chi connectivity index (χ0) is 37.0. The van der Waals surface area contributed by atoms with E-state index in [2.05, 4.69) is 0 Å². The second kappa shape index (κ2) is 16.6. The Bertz CT molecular complexity index is 1470. The average molecular weight is 727 g/mol. The van der Waals surface area contributed by atoms with Gasteiger partial charge in [0, 0.05) is 13.3 Å². The lowest BCUT2D eigenvalue weighted by atomic mass is 9.80. The minimum Gasteiger partial charge on any atom is -0.493 e. The third-order valence-corrected chi connectivity index (χ3v) is 9.35. The summed E-state index contributed by atoms with van der Waals surface area (Å²) in [7, 11) is 4.40. The van der Waals surface area contributed by atoms with Crippen LogP contribution in [0.3, 0.4) is 0 Å². The SMILES string of the molecule is COc1ccc(C2OCC(Cc3ccc(OC4OC(COC5OCC(O)C(O)C5O)C(O)C(O)C4O)c(OC)c3)(OC(C)=O)C2CO)cc1OC. The van der Waals surface area contributed by atoms with Gasteiger partial charge in [-0.3, -0.25) is 4.79 Å². The molecule has 12 atom stereocenters. The van der Waals surface area contributed by atoms with Gasteiger partial charge in [-0.2, -0.15) is 0 Å². The lowest BCUT2D eigenvalue weighted by Crippen LogP contribution is -2.61. The molecule has 0 amide bonds. The van der Waals surface area contributed by atoms with Gasteiger partial charge in [-0.1, -0.05) is 12.1 Å². The number of carbonyl (C=O) groups excluding carboxylic acids is 1. The van der Waals surface area contributed by atoms with Gasteiger partial charge in [0.05, 0.1) is 59.8 Å². The van der Waals surface area contributed by atoms with E-state index in [-0.39, 0.29) is 37.7 Å². The summed E-state index contributed by atoms with van der Waals surface area (Å²) >= 11 is 0. The van der Waals surface area contributed by atoms with Gasteiger partial charge >= 0.3 is 5.97 Å². The molecular formula is C34H46O17. The van der Waals surface area contributed by atoms with Crippen molar-refractivity contribution >= 4 is 5.97 Å². The van der Waals surface area contributed by atoms with Crippen molar-refractivity contribution in [3.05, 3.63) is 47.5 Å². The van der Waals surface area contributed by atoms with Crippen molar-refractivity contribution in [3.8, 4) is 23.0 Å². The maximum absolute atomic E-state index is 12.4. The Morgan fingerprint density at radius 2 is 1.47 bits per heavy atom. The Kier molecular flexibility index (Phi) is 12.6. The molecule has 3 aliphatic heterocycles. The first kappa shape index (κ1) is 38.9. The van der Waals surface area contributed by atoms with Crippen molar-refractivity contribution in [2.75, 3.05) is 47.8 Å². The molecular weight excluding hydrogens is 680 g/mol. The molecule has 3 saturated heterocycles. The summed E-state index contributed by atoms with van der Waals surface area (Å²) in [4.78, 5) is 12.4. The summed E-state index contributed by atoms with van der Waals surface area (Å²) in [5.74, 6) is -0.0196. The van der Waals surface area contributed by atoms with E-state index in [4.69, 9.17) is 42.6 Å². The number of hydrogen-bond acceptors (Lipinski definition) is 17. The number of benzene rings is 2. The first-order valence-corrected chi connectivity index (χ1v) is 16.3. The predicted octanol–water partition coefficient (Wildman–Crippen LogP) is -1.42. The monoisotopic (exact) mass is 726 g/mol. The maximum Gasteiger partial charge on any atom is 0.303 e. The number of aliphatic hydroxyl groups is 7. The topological polar surface area (TPSA) is 242 Å². The minimum absolute atomic E-state index is 0.0361. The average Bonchev–Trinajstić information content (AvgIpc) is 3.47. The quantitative estimate of drug-likeness (QED) is 0.117. The molecule has 3 fully saturated rings. The largest absolute Gasteiger partial charge is 0.493 e. The van der Waals surface area contributed by atoms with E-state index in [9.17, 15) is 40.5 Å². The smallest absolute Gasteiger partial charge is 0.303 e. The summed E-state index contributed by atoms with van der Waals surface area (Å²) in [6.45, 7) is 0.0886. The highest BCUT2D eigenvalue weighted by Gasteiger charge is 2.53. The normalized spacial score (nSPS) is 35.2. The highest BCUT2D eigenvalue weighted by molar-refractivity contribution is 5.67. The van der Waals surface area contributed by atoms with Crippen LogP contribution in [0.4, 0.5) is 0 Å². The molecule has 17 nitrogen and oxygen atoms in total. The molecule has 17 heteroatoms. The molecule has 0 spiro atoms. The third-order valence-electron chi connectivity index (χ3n) is 9.35. The fraction of sp³-hybridized carbons (Fsp3) is 0.618. The van der Waals surface area contributed by atoms with Crippen LogP contribution in [-0.2, 0) is 34.9 Å². The van der Waals surface area contributed by atoms with Gasteiger partial charge in [-0.25, -0.2) is 0 Å². The summed E-state index contributed by atoms with van der Waals surface area (Å²) < 4.78 is 50.7. The van der Waals surface area contributed by atoms with Gasteiger partial charge in [-0.05, 0) is 35.4 Å². The van der Waals surface area contributed by atoms with Crippen LogP contribution < -0.4 is 18.9 Å². The second-order valence-corrected chi connectivity index (χ2v) is 12.7. The summed E-state index contributed by atoms with van der Waals surface area (Å²) in [5.41, 5.74) is 0.00898. The number of hydrogen-bond donors (Lipinski definition) is 7. The van der Waals surface area contributed by atoms with Crippen LogP contribution in [-0.4, -0.2) is 150 Å². The van der Waals surface area contributed by atoms with Crippen LogP contribution in [0.15, 0.2) is 36.4 Å². The lowest BCUT2D eigenvalue weighted by Gasteiger charge is -2.41. The molecule has 2 aromatic carbocycles. The molecule has 12 unspecified atom stereocenters. The molecule has 7 N–H and O–H groups in total. The number of ether oxygens (including phenoxy) is 9. The molecule has 0 radical (unpaired) electrons. The van der Waals surface area contributed by atoms with Crippen LogP contribution in [0, 0.1) is 5.92 Å². The van der Waals surface area contributed by atoms with E-state index in [1.165, 1.54) is 34.3 Å². The van der Waals surface area contributed by atoms with Crippen LogP contribution >= 0.6 is 0 Å². The standard InChI is InChI=1S/C34H46O17/c1-16(36)51-34(15-48-31(19(34)12-35)18-6-8-21(43-2)24(10-18)45-4)11-17-5-7-22(23(9-17)44-3)49-33-30(42)28(40)27(39)25(50-33)14-47-32-29(41)26(38)20(37)13-46-32/h5-10,19-20,25-33,35,37-42H,11-15H2,1-4H3. The Labute approximate surface area is 293 Å². The van der Waals surface area contributed by atoms with Crippen molar-refractivity contribution in [2.45, 2.75) is 80.4 Å². The Balaban J connectivity index is 1.32. The molecule has 284 valence electrons. The number of methoxy groups -OCH3 is 3. The summed E-state index contributed by atoms with van der Waals surface area (Å²) in [6, 6.07) is 10.0. The molecule has 51 heavy (non-hydrogen) atoms. The van der Waals surface area contributed by atoms with E-state index in [0.29, 0.717) is 22.6 Å². The number of carbonyl (C=O) groups is 1. The lowest BCUT2D eigenvalue weighted by molar-refractivity contribution is -0.307. The molecule has 3 heterocycles. The van der Waals surface area contributed by atoms with Gasteiger partial charge in [0.25, 0.3) is 0 Å². The van der Waals surface area contributed by atoms with Crippen LogP contribution in [0.25, 0.3) is 0 Å². The van der Waals surface area contributed by atoms with Gasteiger partial charge in [0.15, 0.2) is 29.3 Å². The highest BCUT2D eigenvalue weighted by Crippen LogP contribution is 2.47.